The van der Waals surface area contributed by atoms with Crippen molar-refractivity contribution in [2.24, 2.45) is 35.5 Å². The highest BCUT2D eigenvalue weighted by Gasteiger charge is 2.38. The normalized spacial score (nSPS) is 14.5. The van der Waals surface area contributed by atoms with E-state index >= 15 is 0 Å². The molecule has 676 valence electrons. The summed E-state index contributed by atoms with van der Waals surface area (Å²) in [5.41, 5.74) is 36.3. The topological polar surface area (TPSA) is 66.6 Å². The smallest absolute Gasteiger partial charge is 0.164 e. The Kier molecular flexibility index (Phi) is 23.5. The average molecular weight is 1770 g/mol. The van der Waals surface area contributed by atoms with E-state index in [4.69, 9.17) is 15.0 Å². The summed E-state index contributed by atoms with van der Waals surface area (Å²) >= 11 is 0. The summed E-state index contributed by atoms with van der Waals surface area (Å²) in [6.07, 6.45) is 23.4. The number of benzene rings is 13. The van der Waals surface area contributed by atoms with Gasteiger partial charge in [-0.25, -0.2) is 15.0 Å². The van der Waals surface area contributed by atoms with E-state index in [1.165, 1.54) is 187 Å². The molecule has 2 atom stereocenters. The molecular formula is C126H127N9. The first-order valence-electron chi connectivity index (χ1n) is 50.6. The Morgan fingerprint density at radius 3 is 1.02 bits per heavy atom. The Labute approximate surface area is 796 Å². The molecule has 0 N–H and O–H groups in total. The van der Waals surface area contributed by atoms with E-state index in [1.54, 1.807) is 0 Å². The summed E-state index contributed by atoms with van der Waals surface area (Å²) in [6, 6.07) is 103. The van der Waals surface area contributed by atoms with Crippen molar-refractivity contribution in [1.82, 2.24) is 37.8 Å². The molecule has 0 saturated heterocycles. The van der Waals surface area contributed by atoms with Gasteiger partial charge in [-0.15, -0.1) is 0 Å². The maximum Gasteiger partial charge on any atom is 0.164 e. The zero-order chi connectivity index (χ0) is 92.0. The SMILES string of the molecule is CC(C)CN1c2ccc(CCCc3ccc(-c4nc(-c5ccc(CCCc6ccc7c(c6)c6cc(-c8ccc9c(c8)c8c(n9CC(C)C)CCC=C8)ccc6n7CC(C)C)cc5)nc(-c5ccc(CCCc6ccc7c(c6)c6cc(-c8ccc9c(c8)c8ccccc8n9CC(C)C)ccc6n7CC(C)C)cc5)n4)cc3)cc2C2C=C(c3ccc4c(c3)c3ccccc3n4CC(C)C)C=CC21. The van der Waals surface area contributed by atoms with Crippen molar-refractivity contribution in [3.8, 4) is 56.4 Å². The largest absolute Gasteiger partial charge is 0.364 e. The van der Waals surface area contributed by atoms with E-state index in [-0.39, 0.29) is 5.92 Å². The summed E-state index contributed by atoms with van der Waals surface area (Å²) in [5, 5.41) is 12.0. The standard InChI is InChI=1S/C126H127N9/c1-79(2)73-130-112-31-16-13-28-100(112)106-67-94(49-58-118(106)130)97-52-61-121-109(70-97)103-64-88(40-55-115(103)133(121)76-82(7)8)25-19-22-85-34-43-91(44-35-85)124-127-125(92-45-36-86(37-46-92)23-20-26-89-41-56-116-104(65-89)110-71-98(53-62-122(110)134(116)77-83(9)10)95-50-59-119-107(68-95)101-29-14-17-32-113(101)131(119)74-80(3)4)129-126(128-124)93-47-38-87(39-48-93)24-21-27-90-42-57-117-105(66-90)111-72-99(54-63-123(111)135(117)78-84(11)12)96-51-60-120-108(69-96)102-30-15-18-33-114(102)132(120)75-81(5)6/h13-17,28-32,34-72,79-84,109,121H,18-27,33,73-78H2,1-12H3. The number of para-hydroxylation sites is 2. The van der Waals surface area contributed by atoms with Crippen LogP contribution in [0.5, 0.6) is 0 Å². The lowest BCUT2D eigenvalue weighted by molar-refractivity contribution is 0.521. The lowest BCUT2D eigenvalue weighted by Gasteiger charge is -2.31. The van der Waals surface area contributed by atoms with Gasteiger partial charge in [0.05, 0.1) is 6.04 Å². The second-order valence-electron chi connectivity index (χ2n) is 42.1. The van der Waals surface area contributed by atoms with Crippen molar-refractivity contribution in [2.75, 3.05) is 11.4 Å². The van der Waals surface area contributed by atoms with Gasteiger partial charge in [0.15, 0.2) is 17.5 Å². The summed E-state index contributed by atoms with van der Waals surface area (Å²) in [7, 11) is 0. The molecule has 19 aromatic rings. The molecule has 13 aromatic carbocycles. The molecule has 135 heavy (non-hydrogen) atoms. The predicted octanol–water partition coefficient (Wildman–Crippen LogP) is 31.9. The number of aromatic nitrogens is 8. The number of allylic oxidation sites excluding steroid dienone is 3. The molecule has 0 radical (unpaired) electrons. The molecule has 6 aromatic heterocycles. The molecule has 9 nitrogen and oxygen atoms in total. The molecular weight excluding hydrogens is 1640 g/mol. The molecule has 0 bridgehead atoms. The van der Waals surface area contributed by atoms with Gasteiger partial charge in [0.25, 0.3) is 0 Å². The van der Waals surface area contributed by atoms with Crippen molar-refractivity contribution in [3.63, 3.8) is 0 Å². The predicted molar refractivity (Wildman–Crippen MR) is 574 cm³/mol. The van der Waals surface area contributed by atoms with Gasteiger partial charge in [-0.2, -0.15) is 0 Å². The van der Waals surface area contributed by atoms with Crippen LogP contribution in [0.3, 0.4) is 0 Å². The van der Waals surface area contributed by atoms with Crippen LogP contribution in [0.2, 0.25) is 0 Å². The number of hydrogen-bond acceptors (Lipinski definition) is 4. The number of rotatable bonds is 30. The number of fused-ring (bicyclic) bond motifs is 18. The monoisotopic (exact) mass is 1770 g/mol. The van der Waals surface area contributed by atoms with Crippen molar-refractivity contribution in [1.29, 1.82) is 0 Å². The minimum atomic E-state index is 0.277. The Morgan fingerprint density at radius 1 is 0.281 bits per heavy atom. The fraction of sp³-hybridized carbons (Fsp3) is 0.294. The van der Waals surface area contributed by atoms with Crippen LogP contribution in [0.25, 0.3) is 166 Å². The highest BCUT2D eigenvalue weighted by molar-refractivity contribution is 6.14. The summed E-state index contributed by atoms with van der Waals surface area (Å²) in [4.78, 5) is 18.7. The van der Waals surface area contributed by atoms with E-state index in [0.29, 0.717) is 59.0 Å². The summed E-state index contributed by atoms with van der Waals surface area (Å²) in [5.74, 6) is 5.54. The molecule has 3 aliphatic rings. The number of nitrogens with zero attached hydrogens (tertiary/aromatic N) is 9. The number of aryl methyl sites for hydroxylation is 6. The van der Waals surface area contributed by atoms with E-state index in [0.717, 1.165) is 127 Å². The van der Waals surface area contributed by atoms with Crippen molar-refractivity contribution >= 4 is 115 Å². The van der Waals surface area contributed by atoms with Crippen LogP contribution in [0.1, 0.15) is 170 Å². The third kappa shape index (κ3) is 16.9. The van der Waals surface area contributed by atoms with Gasteiger partial charge in [0, 0.05) is 177 Å². The Bertz CT molecular complexity index is 7840. The minimum absolute atomic E-state index is 0.277. The van der Waals surface area contributed by atoms with E-state index < -0.39 is 0 Å². The fourth-order valence-electron chi connectivity index (χ4n) is 23.0. The van der Waals surface area contributed by atoms with Crippen LogP contribution in [0.15, 0.2) is 291 Å². The van der Waals surface area contributed by atoms with E-state index in [2.05, 4.69) is 408 Å². The van der Waals surface area contributed by atoms with Gasteiger partial charge in [-0.1, -0.05) is 277 Å². The van der Waals surface area contributed by atoms with Crippen LogP contribution < -0.4 is 4.90 Å². The minimum Gasteiger partial charge on any atom is -0.364 e. The lowest BCUT2D eigenvalue weighted by atomic mass is 9.85. The average Bonchev–Trinajstić information content (AvgIpc) is 1.61. The molecule has 0 spiro atoms. The molecule has 0 amide bonds. The highest BCUT2D eigenvalue weighted by Crippen LogP contribution is 2.49. The molecule has 2 unspecified atom stereocenters. The van der Waals surface area contributed by atoms with Gasteiger partial charge in [0.1, 0.15) is 0 Å². The van der Waals surface area contributed by atoms with Gasteiger partial charge in [-0.3, -0.25) is 0 Å². The van der Waals surface area contributed by atoms with Crippen molar-refractivity contribution < 1.29 is 0 Å². The van der Waals surface area contributed by atoms with Gasteiger partial charge in [-0.05, 0) is 282 Å². The van der Waals surface area contributed by atoms with Crippen LogP contribution >= 0.6 is 0 Å². The zero-order valence-corrected chi connectivity index (χ0v) is 81.0. The summed E-state index contributed by atoms with van der Waals surface area (Å²) < 4.78 is 12.8. The quantitative estimate of drug-likeness (QED) is 0.0450. The molecule has 0 fully saturated rings. The van der Waals surface area contributed by atoms with Crippen LogP contribution in [0.4, 0.5) is 5.69 Å². The van der Waals surface area contributed by atoms with Gasteiger partial charge in [0.2, 0.25) is 0 Å². The number of anilines is 1. The van der Waals surface area contributed by atoms with Crippen molar-refractivity contribution in [2.45, 2.75) is 198 Å². The third-order valence-electron chi connectivity index (χ3n) is 29.1. The maximum atomic E-state index is 5.36. The maximum absolute atomic E-state index is 5.36. The summed E-state index contributed by atoms with van der Waals surface area (Å²) in [6.45, 7) is 34.0. The highest BCUT2D eigenvalue weighted by atomic mass is 15.2. The van der Waals surface area contributed by atoms with E-state index in [9.17, 15) is 0 Å². The first-order chi connectivity index (χ1) is 65.8. The van der Waals surface area contributed by atoms with Crippen LogP contribution in [-0.2, 0) is 77.7 Å². The van der Waals surface area contributed by atoms with Crippen LogP contribution in [-0.4, -0.2) is 50.4 Å². The lowest BCUT2D eigenvalue weighted by Crippen LogP contribution is -2.35. The Morgan fingerprint density at radius 2 is 0.600 bits per heavy atom. The molecule has 7 heterocycles. The second-order valence-corrected chi connectivity index (χ2v) is 42.1. The van der Waals surface area contributed by atoms with Gasteiger partial charge < -0.3 is 27.7 Å². The van der Waals surface area contributed by atoms with E-state index in [1.807, 2.05) is 0 Å². The molecule has 2 aliphatic carbocycles. The molecule has 1 aliphatic heterocycles. The second kappa shape index (κ2) is 36.5. The first-order valence-corrected chi connectivity index (χ1v) is 50.6. The Hall–Kier alpha value is -13.4. The molecule has 0 saturated carbocycles. The van der Waals surface area contributed by atoms with Crippen molar-refractivity contribution in [3.05, 3.63) is 347 Å². The van der Waals surface area contributed by atoms with Crippen LogP contribution in [0, 0.1) is 35.5 Å². The fourth-order valence-corrected chi connectivity index (χ4v) is 23.0. The molecule has 22 rings (SSSR count). The van der Waals surface area contributed by atoms with Gasteiger partial charge >= 0.3 is 0 Å². The first kappa shape index (κ1) is 87.0. The number of hydrogen-bond donors (Lipinski definition) is 0. The molecule has 9 heteroatoms. The Balaban J connectivity index is 0.518. The third-order valence-corrected chi connectivity index (χ3v) is 29.1. The zero-order valence-electron chi connectivity index (χ0n) is 81.0.